The number of aromatic nitrogens is 3. The van der Waals surface area contributed by atoms with Gasteiger partial charge in [0.1, 0.15) is 0 Å². The molecule has 0 saturated heterocycles. The lowest BCUT2D eigenvalue weighted by Gasteiger charge is -2.05. The topological polar surface area (TPSA) is 59.8 Å². The van der Waals surface area contributed by atoms with Crippen LogP contribution in [0.1, 0.15) is 15.9 Å². The van der Waals surface area contributed by atoms with E-state index in [-0.39, 0.29) is 18.3 Å². The van der Waals surface area contributed by atoms with Crippen molar-refractivity contribution < 1.29 is 4.79 Å². The first-order chi connectivity index (χ1) is 9.74. The van der Waals surface area contributed by atoms with E-state index in [0.717, 1.165) is 16.6 Å². The average Bonchev–Trinajstić information content (AvgIpc) is 2.87. The third-order valence-corrected chi connectivity index (χ3v) is 3.17. The van der Waals surface area contributed by atoms with Crippen LogP contribution in [0.25, 0.3) is 11.0 Å². The molecule has 0 saturated carbocycles. The van der Waals surface area contributed by atoms with Crippen molar-refractivity contribution in [1.82, 2.24) is 19.9 Å². The predicted octanol–water partition coefficient (Wildman–Crippen LogP) is 2.32. The molecule has 21 heavy (non-hydrogen) atoms. The van der Waals surface area contributed by atoms with Crippen LogP contribution in [-0.2, 0) is 13.6 Å². The Morgan fingerprint density at radius 1 is 1.33 bits per heavy atom. The molecule has 0 radical (unpaired) electrons. The molecule has 0 aliphatic heterocycles. The van der Waals surface area contributed by atoms with Gasteiger partial charge in [-0.3, -0.25) is 9.78 Å². The Balaban J connectivity index is 0.00000161. The minimum atomic E-state index is -0.126. The van der Waals surface area contributed by atoms with Crippen molar-refractivity contribution in [1.29, 1.82) is 0 Å². The number of carbonyl (C=O) groups excluding carboxylic acids is 1. The second-order valence-corrected chi connectivity index (χ2v) is 4.60. The fraction of sp³-hybridized carbons (Fsp3) is 0.133. The number of hydrogen-bond donors (Lipinski definition) is 1. The van der Waals surface area contributed by atoms with Gasteiger partial charge in [0, 0.05) is 26.0 Å². The van der Waals surface area contributed by atoms with Gasteiger partial charge in [-0.15, -0.1) is 12.4 Å². The first kappa shape index (κ1) is 15.0. The van der Waals surface area contributed by atoms with E-state index >= 15 is 0 Å². The molecule has 1 aromatic carbocycles. The number of imidazole rings is 1. The maximum Gasteiger partial charge on any atom is 0.253 e. The first-order valence-corrected chi connectivity index (χ1v) is 6.32. The average molecular weight is 303 g/mol. The van der Waals surface area contributed by atoms with E-state index < -0.39 is 0 Å². The third kappa shape index (κ3) is 3.20. The molecule has 0 atom stereocenters. The predicted molar refractivity (Wildman–Crippen MR) is 83.4 cm³/mol. The molecule has 108 valence electrons. The fourth-order valence-electron chi connectivity index (χ4n) is 2.07. The Bertz CT molecular complexity index is 755. The number of nitrogens with zero attached hydrogens (tertiary/aromatic N) is 3. The van der Waals surface area contributed by atoms with Crippen molar-refractivity contribution in [2.75, 3.05) is 0 Å². The van der Waals surface area contributed by atoms with Crippen molar-refractivity contribution in [2.24, 2.45) is 7.05 Å². The lowest BCUT2D eigenvalue weighted by Crippen LogP contribution is -2.22. The van der Waals surface area contributed by atoms with E-state index in [1.54, 1.807) is 30.9 Å². The van der Waals surface area contributed by atoms with E-state index in [4.69, 9.17) is 0 Å². The summed E-state index contributed by atoms with van der Waals surface area (Å²) in [5.74, 6) is -0.126. The maximum atomic E-state index is 11.9. The van der Waals surface area contributed by atoms with Crippen molar-refractivity contribution in [3.05, 3.63) is 60.2 Å². The van der Waals surface area contributed by atoms with Crippen LogP contribution in [0.2, 0.25) is 0 Å². The molecule has 3 aromatic rings. The number of carbonyl (C=O) groups is 1. The summed E-state index contributed by atoms with van der Waals surface area (Å²) in [5.41, 5.74) is 3.59. The number of nitrogens with one attached hydrogen (secondary N) is 1. The SMILES string of the molecule is Cl.Cn1cnc2cc(CNC(=O)c3cccnc3)ccc21. The van der Waals surface area contributed by atoms with Crippen molar-refractivity contribution in [3.63, 3.8) is 0 Å². The molecule has 6 heteroatoms. The van der Waals surface area contributed by atoms with Crippen LogP contribution >= 0.6 is 12.4 Å². The number of pyridine rings is 1. The van der Waals surface area contributed by atoms with Crippen LogP contribution in [0.3, 0.4) is 0 Å². The zero-order valence-corrected chi connectivity index (χ0v) is 12.3. The molecule has 1 N–H and O–H groups in total. The summed E-state index contributed by atoms with van der Waals surface area (Å²) in [6.07, 6.45) is 4.98. The highest BCUT2D eigenvalue weighted by atomic mass is 35.5. The summed E-state index contributed by atoms with van der Waals surface area (Å²) in [5, 5.41) is 2.87. The van der Waals surface area contributed by atoms with E-state index in [9.17, 15) is 4.79 Å². The molecule has 5 nitrogen and oxygen atoms in total. The zero-order valence-electron chi connectivity index (χ0n) is 11.5. The van der Waals surface area contributed by atoms with Gasteiger partial charge in [0.2, 0.25) is 0 Å². The van der Waals surface area contributed by atoms with Crippen LogP contribution in [0.15, 0.2) is 49.1 Å². The van der Waals surface area contributed by atoms with Crippen LogP contribution in [-0.4, -0.2) is 20.4 Å². The van der Waals surface area contributed by atoms with E-state index in [0.29, 0.717) is 12.1 Å². The molecule has 1 amide bonds. The number of halogens is 1. The van der Waals surface area contributed by atoms with Gasteiger partial charge in [0.25, 0.3) is 5.91 Å². The summed E-state index contributed by atoms with van der Waals surface area (Å²) < 4.78 is 1.97. The molecular weight excluding hydrogens is 288 g/mol. The number of amides is 1. The molecule has 0 spiro atoms. The largest absolute Gasteiger partial charge is 0.348 e. The van der Waals surface area contributed by atoms with Gasteiger partial charge < -0.3 is 9.88 Å². The smallest absolute Gasteiger partial charge is 0.253 e. The number of hydrogen-bond acceptors (Lipinski definition) is 3. The molecule has 0 fully saturated rings. The second-order valence-electron chi connectivity index (χ2n) is 4.60. The standard InChI is InChI=1S/C15H14N4O.ClH/c1-19-10-18-13-7-11(4-5-14(13)19)8-17-15(20)12-3-2-6-16-9-12;/h2-7,9-10H,8H2,1H3,(H,17,20);1H. The van der Waals surface area contributed by atoms with Gasteiger partial charge in [-0.05, 0) is 29.8 Å². The fourth-order valence-corrected chi connectivity index (χ4v) is 2.07. The van der Waals surface area contributed by atoms with Crippen LogP contribution in [0, 0.1) is 0 Å². The molecule has 0 unspecified atom stereocenters. The third-order valence-electron chi connectivity index (χ3n) is 3.17. The summed E-state index contributed by atoms with van der Waals surface area (Å²) in [4.78, 5) is 20.2. The minimum absolute atomic E-state index is 0. The summed E-state index contributed by atoms with van der Waals surface area (Å²) in [6.45, 7) is 0.472. The van der Waals surface area contributed by atoms with Crippen LogP contribution in [0.5, 0.6) is 0 Å². The van der Waals surface area contributed by atoms with E-state index in [1.807, 2.05) is 29.8 Å². The molecule has 2 heterocycles. The summed E-state index contributed by atoms with van der Waals surface area (Å²) in [7, 11) is 1.96. The Hall–Kier alpha value is -2.40. The number of aryl methyl sites for hydroxylation is 1. The Kier molecular flexibility index (Phi) is 4.55. The lowest BCUT2D eigenvalue weighted by atomic mass is 10.2. The number of fused-ring (bicyclic) bond motifs is 1. The summed E-state index contributed by atoms with van der Waals surface area (Å²) in [6, 6.07) is 9.47. The molecule has 2 aromatic heterocycles. The van der Waals surface area contributed by atoms with Crippen LogP contribution < -0.4 is 5.32 Å². The molecule has 3 rings (SSSR count). The normalized spacial score (nSPS) is 10.1. The van der Waals surface area contributed by atoms with Gasteiger partial charge in [-0.1, -0.05) is 6.07 Å². The number of benzene rings is 1. The molecular formula is C15H15ClN4O. The highest BCUT2D eigenvalue weighted by molar-refractivity contribution is 5.93. The van der Waals surface area contributed by atoms with E-state index in [1.165, 1.54) is 0 Å². The van der Waals surface area contributed by atoms with Crippen molar-refractivity contribution in [3.8, 4) is 0 Å². The minimum Gasteiger partial charge on any atom is -0.348 e. The van der Waals surface area contributed by atoms with E-state index in [2.05, 4.69) is 15.3 Å². The van der Waals surface area contributed by atoms with Gasteiger partial charge in [0.15, 0.2) is 0 Å². The molecule has 0 aliphatic carbocycles. The number of rotatable bonds is 3. The Morgan fingerprint density at radius 3 is 2.95 bits per heavy atom. The molecule has 0 bridgehead atoms. The highest BCUT2D eigenvalue weighted by Crippen LogP contribution is 2.13. The quantitative estimate of drug-likeness (QED) is 0.808. The zero-order chi connectivity index (χ0) is 13.9. The van der Waals surface area contributed by atoms with Crippen LogP contribution in [0.4, 0.5) is 0 Å². The second kappa shape index (κ2) is 6.37. The first-order valence-electron chi connectivity index (χ1n) is 6.32. The lowest BCUT2D eigenvalue weighted by molar-refractivity contribution is 0.0950. The van der Waals surface area contributed by atoms with Crippen molar-refractivity contribution >= 4 is 29.3 Å². The monoisotopic (exact) mass is 302 g/mol. The van der Waals surface area contributed by atoms with Gasteiger partial charge in [0.05, 0.1) is 22.9 Å². The highest BCUT2D eigenvalue weighted by Gasteiger charge is 2.06. The summed E-state index contributed by atoms with van der Waals surface area (Å²) >= 11 is 0. The Morgan fingerprint density at radius 2 is 2.19 bits per heavy atom. The van der Waals surface area contributed by atoms with Gasteiger partial charge >= 0.3 is 0 Å². The van der Waals surface area contributed by atoms with Crippen molar-refractivity contribution in [2.45, 2.75) is 6.54 Å². The Labute approximate surface area is 128 Å². The van der Waals surface area contributed by atoms with Gasteiger partial charge in [-0.2, -0.15) is 0 Å². The maximum absolute atomic E-state index is 11.9. The molecule has 0 aliphatic rings. The van der Waals surface area contributed by atoms with Gasteiger partial charge in [-0.25, -0.2) is 4.98 Å².